The van der Waals surface area contributed by atoms with Crippen molar-refractivity contribution in [2.75, 3.05) is 26.4 Å². The average molecular weight is 250 g/mol. The minimum atomic E-state index is -3.81. The molecule has 0 saturated carbocycles. The molecule has 88 valence electrons. The Bertz CT molecular complexity index is 151. The van der Waals surface area contributed by atoms with Gasteiger partial charge < -0.3 is 35.1 Å². The summed E-state index contributed by atoms with van der Waals surface area (Å²) in [6, 6.07) is 0. The van der Waals surface area contributed by atoms with Crippen molar-refractivity contribution >= 4 is 18.5 Å². The molecule has 0 heterocycles. The van der Waals surface area contributed by atoms with Crippen LogP contribution in [0, 0.1) is 5.41 Å². The standard InChI is InChI=1S/C5H12O4.H3O3PS/c6-1-5(2-7,3-8)4-9;1-4(2,3)5/h6-9H,1-4H2;(H3,1,2,3,5). The van der Waals surface area contributed by atoms with Crippen LogP contribution in [-0.4, -0.2) is 61.5 Å². The summed E-state index contributed by atoms with van der Waals surface area (Å²) in [6.07, 6.45) is 0. The lowest BCUT2D eigenvalue weighted by molar-refractivity contribution is -0.0328. The van der Waals surface area contributed by atoms with E-state index in [2.05, 4.69) is 11.8 Å². The molecule has 7 nitrogen and oxygen atoms in total. The van der Waals surface area contributed by atoms with E-state index in [1.807, 2.05) is 0 Å². The monoisotopic (exact) mass is 250 g/mol. The molecule has 0 aromatic heterocycles. The van der Waals surface area contributed by atoms with Gasteiger partial charge in [0.05, 0.1) is 31.8 Å². The van der Waals surface area contributed by atoms with E-state index < -0.39 is 38.6 Å². The first-order valence-electron chi connectivity index (χ1n) is 3.46. The van der Waals surface area contributed by atoms with E-state index in [9.17, 15) is 0 Å². The zero-order valence-corrected chi connectivity index (χ0v) is 9.03. The molecule has 0 aliphatic rings. The van der Waals surface area contributed by atoms with Crippen LogP contribution in [0.15, 0.2) is 0 Å². The third-order valence-electron chi connectivity index (χ3n) is 1.34. The smallest absolute Gasteiger partial charge is 0.319 e. The first-order valence-corrected chi connectivity index (χ1v) is 6.12. The minimum absolute atomic E-state index is 0.406. The number of hydrogen-bond donors (Lipinski definition) is 7. The van der Waals surface area contributed by atoms with Crippen molar-refractivity contribution in [1.29, 1.82) is 0 Å². The first kappa shape index (κ1) is 16.8. The molecule has 0 aliphatic carbocycles. The van der Waals surface area contributed by atoms with Gasteiger partial charge in [-0.15, -0.1) is 0 Å². The second-order valence-corrected chi connectivity index (χ2v) is 5.14. The number of aliphatic hydroxyl groups is 4. The maximum Gasteiger partial charge on any atom is 0.319 e. The third kappa shape index (κ3) is 10.5. The van der Waals surface area contributed by atoms with Crippen molar-refractivity contribution in [3.63, 3.8) is 0 Å². The lowest BCUT2D eigenvalue weighted by Crippen LogP contribution is -2.37. The van der Waals surface area contributed by atoms with Gasteiger partial charge in [-0.3, -0.25) is 0 Å². The molecule has 0 spiro atoms. The zero-order valence-electron chi connectivity index (χ0n) is 7.31. The van der Waals surface area contributed by atoms with Crippen LogP contribution in [0.2, 0.25) is 0 Å². The Balaban J connectivity index is 0. The van der Waals surface area contributed by atoms with E-state index in [4.69, 9.17) is 35.1 Å². The number of aliphatic hydroxyl groups excluding tert-OH is 4. The highest BCUT2D eigenvalue weighted by Crippen LogP contribution is 2.26. The number of rotatable bonds is 4. The van der Waals surface area contributed by atoms with E-state index >= 15 is 0 Å². The summed E-state index contributed by atoms with van der Waals surface area (Å²) in [5.41, 5.74) is -1.11. The van der Waals surface area contributed by atoms with Gasteiger partial charge in [-0.05, 0) is 11.8 Å². The topological polar surface area (TPSA) is 142 Å². The van der Waals surface area contributed by atoms with E-state index in [1.54, 1.807) is 0 Å². The van der Waals surface area contributed by atoms with Gasteiger partial charge >= 0.3 is 6.72 Å². The van der Waals surface area contributed by atoms with Crippen LogP contribution in [0.1, 0.15) is 0 Å². The van der Waals surface area contributed by atoms with Gasteiger partial charge in [0.15, 0.2) is 0 Å². The van der Waals surface area contributed by atoms with Crippen LogP contribution in [0.3, 0.4) is 0 Å². The Morgan fingerprint density at radius 3 is 0.929 bits per heavy atom. The molecule has 0 aliphatic heterocycles. The summed E-state index contributed by atoms with van der Waals surface area (Å²) in [5, 5.41) is 34.0. The molecule has 0 unspecified atom stereocenters. The molecule has 0 amide bonds. The van der Waals surface area contributed by atoms with Gasteiger partial charge in [0.2, 0.25) is 0 Å². The number of hydrogen-bond acceptors (Lipinski definition) is 5. The maximum absolute atomic E-state index is 8.50. The van der Waals surface area contributed by atoms with Gasteiger partial charge in [-0.2, -0.15) is 0 Å². The molecule has 0 radical (unpaired) electrons. The highest BCUT2D eigenvalue weighted by atomic mass is 32.5. The van der Waals surface area contributed by atoms with Crippen molar-refractivity contribution in [3.8, 4) is 0 Å². The zero-order chi connectivity index (χ0) is 11.8. The SMILES string of the molecule is OCC(CO)(CO)CO.OP(O)(O)=S. The predicted octanol–water partition coefficient (Wildman–Crippen LogP) is -2.87. The van der Waals surface area contributed by atoms with Crippen LogP contribution in [0.5, 0.6) is 0 Å². The van der Waals surface area contributed by atoms with Crippen molar-refractivity contribution in [3.05, 3.63) is 0 Å². The average Bonchev–Trinajstić information content (AvgIpc) is 2.07. The summed E-state index contributed by atoms with van der Waals surface area (Å²) in [5.74, 6) is 0. The largest absolute Gasteiger partial charge is 0.396 e. The summed E-state index contributed by atoms with van der Waals surface area (Å²) in [6.45, 7) is -5.43. The summed E-state index contributed by atoms with van der Waals surface area (Å²) in [4.78, 5) is 22.7. The normalized spacial score (nSPS) is 11.9. The molecule has 9 heteroatoms. The molecule has 0 fully saturated rings. The molecule has 0 aromatic rings. The molecule has 7 N–H and O–H groups in total. The van der Waals surface area contributed by atoms with Crippen LogP contribution < -0.4 is 0 Å². The van der Waals surface area contributed by atoms with Gasteiger partial charge in [0.25, 0.3) is 0 Å². The van der Waals surface area contributed by atoms with E-state index in [1.165, 1.54) is 0 Å². The van der Waals surface area contributed by atoms with Crippen molar-refractivity contribution in [2.24, 2.45) is 5.41 Å². The molecule has 0 bridgehead atoms. The maximum atomic E-state index is 8.50. The molecule has 0 rings (SSSR count). The molecule has 0 saturated heterocycles. The molecular weight excluding hydrogens is 235 g/mol. The van der Waals surface area contributed by atoms with Crippen molar-refractivity contribution in [1.82, 2.24) is 0 Å². The van der Waals surface area contributed by atoms with E-state index in [0.717, 1.165) is 0 Å². The fraction of sp³-hybridized carbons (Fsp3) is 1.00. The second kappa shape index (κ2) is 7.63. The summed E-state index contributed by atoms with van der Waals surface area (Å²) in [7, 11) is 0. The minimum Gasteiger partial charge on any atom is -0.396 e. The molecule has 0 aromatic carbocycles. The van der Waals surface area contributed by atoms with Crippen molar-refractivity contribution < 1.29 is 35.1 Å². The highest BCUT2D eigenvalue weighted by Gasteiger charge is 2.26. The van der Waals surface area contributed by atoms with Crippen molar-refractivity contribution in [2.45, 2.75) is 0 Å². The van der Waals surface area contributed by atoms with Crippen LogP contribution in [0.25, 0.3) is 0 Å². The van der Waals surface area contributed by atoms with Gasteiger partial charge in [0.1, 0.15) is 0 Å². The Morgan fingerprint density at radius 2 is 0.929 bits per heavy atom. The molecule has 0 atom stereocenters. The highest BCUT2D eigenvalue weighted by molar-refractivity contribution is 8.06. The van der Waals surface area contributed by atoms with Gasteiger partial charge in [0, 0.05) is 0 Å². The van der Waals surface area contributed by atoms with E-state index in [-0.39, 0.29) is 0 Å². The summed E-state index contributed by atoms with van der Waals surface area (Å²) >= 11 is 3.60. The van der Waals surface area contributed by atoms with Crippen LogP contribution in [0.4, 0.5) is 0 Å². The fourth-order valence-electron chi connectivity index (χ4n) is 0.300. The quantitative estimate of drug-likeness (QED) is 0.264. The predicted molar refractivity (Wildman–Crippen MR) is 51.7 cm³/mol. The first-order chi connectivity index (χ1) is 6.24. The Kier molecular flexibility index (Phi) is 9.15. The third-order valence-corrected chi connectivity index (χ3v) is 1.34. The van der Waals surface area contributed by atoms with E-state index in [0.29, 0.717) is 0 Å². The second-order valence-electron chi connectivity index (χ2n) is 2.65. The molecular formula is C5H15O7PS. The lowest BCUT2D eigenvalue weighted by Gasteiger charge is -2.23. The summed E-state index contributed by atoms with van der Waals surface area (Å²) < 4.78 is 0. The van der Waals surface area contributed by atoms with Crippen LogP contribution in [-0.2, 0) is 11.8 Å². The Hall–Kier alpha value is 0.370. The molecule has 14 heavy (non-hydrogen) atoms. The fourth-order valence-corrected chi connectivity index (χ4v) is 0.300. The lowest BCUT2D eigenvalue weighted by atomic mass is 9.93. The Morgan fingerprint density at radius 1 is 0.786 bits per heavy atom. The van der Waals surface area contributed by atoms with Gasteiger partial charge in [-0.25, -0.2) is 0 Å². The van der Waals surface area contributed by atoms with Gasteiger partial charge in [-0.1, -0.05) is 0 Å². The van der Waals surface area contributed by atoms with Crippen LogP contribution >= 0.6 is 6.72 Å². The Labute approximate surface area is 86.1 Å².